The van der Waals surface area contributed by atoms with E-state index in [2.05, 4.69) is 10.6 Å². The van der Waals surface area contributed by atoms with E-state index in [-0.39, 0.29) is 22.8 Å². The number of halogens is 1. The van der Waals surface area contributed by atoms with E-state index < -0.39 is 11.8 Å². The van der Waals surface area contributed by atoms with Crippen molar-refractivity contribution in [2.45, 2.75) is 27.3 Å². The number of hydrogen-bond acceptors (Lipinski definition) is 3. The molecule has 0 aromatic heterocycles. The molecular weight excluding hydrogens is 311 g/mol. The molecule has 6 heteroatoms. The highest BCUT2D eigenvalue weighted by Gasteiger charge is 2.23. The van der Waals surface area contributed by atoms with E-state index >= 15 is 0 Å². The van der Waals surface area contributed by atoms with Crippen LogP contribution in [0.25, 0.3) is 0 Å². The van der Waals surface area contributed by atoms with E-state index in [9.17, 15) is 19.1 Å². The predicted molar refractivity (Wildman–Crippen MR) is 90.3 cm³/mol. The normalized spacial score (nSPS) is 11.9. The number of rotatable bonds is 3. The lowest BCUT2D eigenvalue weighted by atomic mass is 10.0. The molecule has 5 nitrogen and oxygen atoms in total. The molecular formula is C18H19FN2O3. The Morgan fingerprint density at radius 1 is 1.21 bits per heavy atom. The number of carboxylic acid groups (broad SMARTS) is 1. The van der Waals surface area contributed by atoms with Crippen LogP contribution in [0.5, 0.6) is 0 Å². The molecule has 0 aliphatic carbocycles. The Kier molecular flexibility index (Phi) is 5.18. The minimum Gasteiger partial charge on any atom is -0.478 e. The van der Waals surface area contributed by atoms with Gasteiger partial charge in [0, 0.05) is 12.1 Å². The Balaban J connectivity index is 0.00000100. The molecule has 0 atom stereocenters. The van der Waals surface area contributed by atoms with E-state index in [0.717, 1.165) is 5.56 Å². The van der Waals surface area contributed by atoms with Crippen molar-refractivity contribution in [1.29, 1.82) is 0 Å². The first kappa shape index (κ1) is 17.5. The zero-order valence-electron chi connectivity index (χ0n) is 13.7. The van der Waals surface area contributed by atoms with Gasteiger partial charge in [-0.15, -0.1) is 0 Å². The second kappa shape index (κ2) is 7.12. The van der Waals surface area contributed by atoms with Crippen LogP contribution in [0.2, 0.25) is 0 Å². The Morgan fingerprint density at radius 2 is 1.92 bits per heavy atom. The van der Waals surface area contributed by atoms with Gasteiger partial charge in [0.2, 0.25) is 0 Å². The van der Waals surface area contributed by atoms with Gasteiger partial charge in [0.05, 0.1) is 16.9 Å². The average molecular weight is 330 g/mol. The van der Waals surface area contributed by atoms with Crippen LogP contribution in [0.4, 0.5) is 15.8 Å². The third-order valence-corrected chi connectivity index (χ3v) is 3.55. The first-order valence-corrected chi connectivity index (χ1v) is 7.67. The lowest BCUT2D eigenvalue weighted by Gasteiger charge is -2.12. The minimum absolute atomic E-state index is 0.00442. The van der Waals surface area contributed by atoms with E-state index in [1.165, 1.54) is 24.3 Å². The molecule has 0 saturated heterocycles. The SMILES string of the molecule is CC.Cc1ccc(Nc2cc3c(cc2C(=O)O)CNC3=O)c(F)c1. The maximum Gasteiger partial charge on any atom is 0.337 e. The number of carbonyl (C=O) groups is 2. The Morgan fingerprint density at radius 3 is 2.54 bits per heavy atom. The average Bonchev–Trinajstić information content (AvgIpc) is 2.92. The summed E-state index contributed by atoms with van der Waals surface area (Å²) in [4.78, 5) is 23.1. The van der Waals surface area contributed by atoms with Crippen LogP contribution in [0.15, 0.2) is 30.3 Å². The van der Waals surface area contributed by atoms with E-state index in [1.807, 2.05) is 13.8 Å². The molecule has 2 aromatic carbocycles. The maximum absolute atomic E-state index is 13.9. The molecule has 0 fully saturated rings. The molecule has 1 aliphatic rings. The van der Waals surface area contributed by atoms with Crippen LogP contribution in [-0.4, -0.2) is 17.0 Å². The van der Waals surface area contributed by atoms with Crippen molar-refractivity contribution in [3.63, 3.8) is 0 Å². The number of amides is 1. The zero-order valence-corrected chi connectivity index (χ0v) is 13.7. The fourth-order valence-corrected chi connectivity index (χ4v) is 2.42. The van der Waals surface area contributed by atoms with Crippen LogP contribution >= 0.6 is 0 Å². The van der Waals surface area contributed by atoms with Gasteiger partial charge in [0.15, 0.2) is 0 Å². The summed E-state index contributed by atoms with van der Waals surface area (Å²) in [5.74, 6) is -1.89. The first-order chi connectivity index (χ1) is 11.5. The number of fused-ring (bicyclic) bond motifs is 1. The van der Waals surface area contributed by atoms with Crippen LogP contribution in [0.3, 0.4) is 0 Å². The summed E-state index contributed by atoms with van der Waals surface area (Å²) in [6.45, 7) is 6.06. The smallest absolute Gasteiger partial charge is 0.337 e. The Hall–Kier alpha value is -2.89. The minimum atomic E-state index is -1.14. The van der Waals surface area contributed by atoms with Crippen LogP contribution in [0, 0.1) is 12.7 Å². The number of carboxylic acids is 1. The van der Waals surface area contributed by atoms with Gasteiger partial charge in [-0.2, -0.15) is 0 Å². The highest BCUT2D eigenvalue weighted by Crippen LogP contribution is 2.29. The summed E-state index contributed by atoms with van der Waals surface area (Å²) in [5, 5.41) is 14.7. The number of hydrogen-bond donors (Lipinski definition) is 3. The number of anilines is 2. The molecule has 3 rings (SSSR count). The summed E-state index contributed by atoms with van der Waals surface area (Å²) in [5.41, 5.74) is 2.12. The first-order valence-electron chi connectivity index (χ1n) is 7.67. The van der Waals surface area contributed by atoms with Gasteiger partial charge in [-0.1, -0.05) is 19.9 Å². The summed E-state index contributed by atoms with van der Waals surface area (Å²) in [7, 11) is 0. The number of benzene rings is 2. The van der Waals surface area contributed by atoms with Crippen molar-refractivity contribution in [3.05, 3.63) is 58.4 Å². The summed E-state index contributed by atoms with van der Waals surface area (Å²) >= 11 is 0. The summed E-state index contributed by atoms with van der Waals surface area (Å²) in [6.07, 6.45) is 0. The Bertz CT molecular complexity index is 803. The van der Waals surface area contributed by atoms with Crippen molar-refractivity contribution >= 4 is 23.3 Å². The van der Waals surface area contributed by atoms with Gasteiger partial charge in [-0.05, 0) is 42.3 Å². The molecule has 0 saturated carbocycles. The fourth-order valence-electron chi connectivity index (χ4n) is 2.42. The maximum atomic E-state index is 13.9. The third kappa shape index (κ3) is 3.37. The van der Waals surface area contributed by atoms with Crippen LogP contribution < -0.4 is 10.6 Å². The van der Waals surface area contributed by atoms with Crippen LogP contribution in [0.1, 0.15) is 45.7 Å². The molecule has 0 bridgehead atoms. The molecule has 24 heavy (non-hydrogen) atoms. The van der Waals surface area contributed by atoms with Gasteiger partial charge in [-0.25, -0.2) is 9.18 Å². The van der Waals surface area contributed by atoms with E-state index in [0.29, 0.717) is 17.7 Å². The monoisotopic (exact) mass is 330 g/mol. The number of aryl methyl sites for hydroxylation is 1. The van der Waals surface area contributed by atoms with Crippen molar-refractivity contribution in [1.82, 2.24) is 5.32 Å². The predicted octanol–water partition coefficient (Wildman–Crippen LogP) is 3.85. The third-order valence-electron chi connectivity index (χ3n) is 3.55. The van der Waals surface area contributed by atoms with Gasteiger partial charge in [0.25, 0.3) is 5.91 Å². The largest absolute Gasteiger partial charge is 0.478 e. The molecule has 126 valence electrons. The number of carbonyl (C=O) groups excluding carboxylic acids is 1. The molecule has 2 aromatic rings. The van der Waals surface area contributed by atoms with E-state index in [4.69, 9.17) is 0 Å². The zero-order chi connectivity index (χ0) is 17.9. The molecule has 1 heterocycles. The van der Waals surface area contributed by atoms with Gasteiger partial charge in [-0.3, -0.25) is 4.79 Å². The molecule has 0 spiro atoms. The van der Waals surface area contributed by atoms with Crippen molar-refractivity contribution in [3.8, 4) is 0 Å². The van der Waals surface area contributed by atoms with Crippen molar-refractivity contribution < 1.29 is 19.1 Å². The highest BCUT2D eigenvalue weighted by atomic mass is 19.1. The molecule has 1 amide bonds. The topological polar surface area (TPSA) is 78.4 Å². The second-order valence-electron chi connectivity index (χ2n) is 5.15. The summed E-state index contributed by atoms with van der Waals surface area (Å²) in [6, 6.07) is 7.47. The van der Waals surface area contributed by atoms with Gasteiger partial charge in [0.1, 0.15) is 5.82 Å². The summed E-state index contributed by atoms with van der Waals surface area (Å²) < 4.78 is 13.9. The fraction of sp³-hybridized carbons (Fsp3) is 0.222. The molecule has 0 unspecified atom stereocenters. The quantitative estimate of drug-likeness (QED) is 0.799. The lowest BCUT2D eigenvalue weighted by molar-refractivity contribution is 0.0697. The molecule has 1 aliphatic heterocycles. The van der Waals surface area contributed by atoms with Crippen molar-refractivity contribution in [2.24, 2.45) is 0 Å². The van der Waals surface area contributed by atoms with Crippen molar-refractivity contribution in [2.75, 3.05) is 5.32 Å². The van der Waals surface area contributed by atoms with Crippen LogP contribution in [-0.2, 0) is 6.54 Å². The lowest BCUT2D eigenvalue weighted by Crippen LogP contribution is -2.12. The highest BCUT2D eigenvalue weighted by molar-refractivity contribution is 6.03. The van der Waals surface area contributed by atoms with Gasteiger partial charge >= 0.3 is 5.97 Å². The standard InChI is InChI=1S/C16H13FN2O3.C2H6/c1-8-2-3-13(12(17)4-8)19-14-6-10-9(7-18-15(10)20)5-11(14)16(21)22;1-2/h2-6,19H,7H2,1H3,(H,18,20)(H,21,22);1-2H3. The second-order valence-corrected chi connectivity index (χ2v) is 5.15. The van der Waals surface area contributed by atoms with E-state index in [1.54, 1.807) is 13.0 Å². The Labute approximate surface area is 139 Å². The number of aromatic carboxylic acids is 1. The molecule has 3 N–H and O–H groups in total. The number of nitrogens with one attached hydrogen (secondary N) is 2. The molecule has 0 radical (unpaired) electrons. The van der Waals surface area contributed by atoms with Gasteiger partial charge < -0.3 is 15.7 Å².